The number of carbonyl (C=O) groups excluding carboxylic acids is 3. The second kappa shape index (κ2) is 11.8. The van der Waals surface area contributed by atoms with Crippen LogP contribution in [0.15, 0.2) is 53.6 Å². The number of amides is 3. The van der Waals surface area contributed by atoms with Gasteiger partial charge in [0.05, 0.1) is 6.04 Å². The normalized spacial score (nSPS) is 17.7. The zero-order chi connectivity index (χ0) is 29.0. The Hall–Kier alpha value is -4.41. The number of nitrogens with one attached hydrogen (secondary N) is 2. The van der Waals surface area contributed by atoms with E-state index in [2.05, 4.69) is 15.7 Å². The third-order valence-electron chi connectivity index (χ3n) is 6.71. The first-order valence-electron chi connectivity index (χ1n) is 13.2. The zero-order valence-corrected chi connectivity index (χ0v) is 22.9. The van der Waals surface area contributed by atoms with Gasteiger partial charge >= 0.3 is 18.2 Å². The fourth-order valence-electron chi connectivity index (χ4n) is 4.91. The summed E-state index contributed by atoms with van der Waals surface area (Å²) in [5, 5.41) is 19.5. The number of ether oxygens (including phenoxy) is 2. The summed E-state index contributed by atoms with van der Waals surface area (Å²) >= 11 is 0. The van der Waals surface area contributed by atoms with Crippen LogP contribution in [-0.2, 0) is 19.1 Å². The van der Waals surface area contributed by atoms with Crippen LogP contribution in [0.5, 0.6) is 0 Å². The predicted molar refractivity (Wildman–Crippen MR) is 147 cm³/mol. The largest absolute Gasteiger partial charge is 0.480 e. The average molecular weight is 551 g/mol. The summed E-state index contributed by atoms with van der Waals surface area (Å²) in [6.45, 7) is 6.58. The molecule has 0 spiro atoms. The predicted octanol–water partition coefficient (Wildman–Crippen LogP) is 3.87. The van der Waals surface area contributed by atoms with Crippen LogP contribution in [0, 0.1) is 0 Å². The average Bonchev–Trinajstić information content (AvgIpc) is 3.22. The Bertz CT molecular complexity index is 1270. The summed E-state index contributed by atoms with van der Waals surface area (Å²) < 4.78 is 10.9. The number of alkyl carbamates (subject to hydrolysis) is 2. The summed E-state index contributed by atoms with van der Waals surface area (Å²) in [5.41, 5.74) is 3.39. The molecule has 1 heterocycles. The molecule has 212 valence electrons. The molecule has 2 aromatic rings. The maximum atomic E-state index is 13.5. The van der Waals surface area contributed by atoms with Gasteiger partial charge in [0.25, 0.3) is 5.91 Å². The molecule has 0 saturated carbocycles. The zero-order valence-electron chi connectivity index (χ0n) is 22.9. The second-order valence-corrected chi connectivity index (χ2v) is 10.8. The minimum absolute atomic E-state index is 0.00820. The van der Waals surface area contributed by atoms with Crippen LogP contribution in [0.2, 0.25) is 0 Å². The molecule has 0 aromatic heterocycles. The van der Waals surface area contributed by atoms with Crippen molar-refractivity contribution < 1.29 is 33.8 Å². The summed E-state index contributed by atoms with van der Waals surface area (Å²) in [4.78, 5) is 50.8. The molecule has 11 heteroatoms. The van der Waals surface area contributed by atoms with Crippen LogP contribution < -0.4 is 10.6 Å². The summed E-state index contributed by atoms with van der Waals surface area (Å²) in [7, 11) is 0. The van der Waals surface area contributed by atoms with Crippen molar-refractivity contribution >= 4 is 30.3 Å². The first-order valence-corrected chi connectivity index (χ1v) is 13.2. The van der Waals surface area contributed by atoms with E-state index in [4.69, 9.17) is 9.47 Å². The van der Waals surface area contributed by atoms with Crippen LogP contribution in [-0.4, -0.2) is 70.7 Å². The number of hydrogen-bond donors (Lipinski definition) is 3. The first-order chi connectivity index (χ1) is 19.0. The number of hydrazone groups is 1. The molecule has 40 heavy (non-hydrogen) atoms. The third-order valence-corrected chi connectivity index (χ3v) is 6.71. The molecule has 0 radical (unpaired) electrons. The van der Waals surface area contributed by atoms with E-state index in [-0.39, 0.29) is 18.9 Å². The van der Waals surface area contributed by atoms with Crippen molar-refractivity contribution in [2.75, 3.05) is 6.61 Å². The van der Waals surface area contributed by atoms with Gasteiger partial charge in [0.2, 0.25) is 0 Å². The van der Waals surface area contributed by atoms with E-state index in [1.807, 2.05) is 48.5 Å². The van der Waals surface area contributed by atoms with Crippen LogP contribution in [0.4, 0.5) is 9.59 Å². The van der Waals surface area contributed by atoms with Crippen LogP contribution >= 0.6 is 0 Å². The van der Waals surface area contributed by atoms with Crippen LogP contribution in [0.25, 0.3) is 11.1 Å². The minimum atomic E-state index is -1.39. The molecule has 0 saturated heterocycles. The molecule has 2 aliphatic rings. The lowest BCUT2D eigenvalue weighted by Crippen LogP contribution is -2.60. The van der Waals surface area contributed by atoms with Gasteiger partial charge in [-0.2, -0.15) is 5.10 Å². The van der Waals surface area contributed by atoms with Gasteiger partial charge in [-0.25, -0.2) is 19.4 Å². The van der Waals surface area contributed by atoms with E-state index in [1.165, 1.54) is 13.1 Å². The molecule has 1 aliphatic heterocycles. The lowest BCUT2D eigenvalue weighted by Gasteiger charge is -2.33. The first kappa shape index (κ1) is 28.6. The molecule has 0 fully saturated rings. The molecule has 2 aromatic carbocycles. The fraction of sp³-hybridized carbons (Fsp3) is 0.414. The van der Waals surface area contributed by atoms with Crippen molar-refractivity contribution in [2.45, 2.75) is 70.2 Å². The molecule has 3 amide bonds. The summed E-state index contributed by atoms with van der Waals surface area (Å²) in [6.07, 6.45) is 0.288. The highest BCUT2D eigenvalue weighted by Gasteiger charge is 2.39. The number of carboxylic acids is 1. The van der Waals surface area contributed by atoms with Gasteiger partial charge < -0.3 is 25.2 Å². The molecule has 4 rings (SSSR count). The smallest absolute Gasteiger partial charge is 0.407 e. The summed E-state index contributed by atoms with van der Waals surface area (Å²) in [5.74, 6) is -2.23. The highest BCUT2D eigenvalue weighted by molar-refractivity contribution is 5.91. The van der Waals surface area contributed by atoms with Crippen molar-refractivity contribution in [1.82, 2.24) is 15.6 Å². The van der Waals surface area contributed by atoms with E-state index >= 15 is 0 Å². The van der Waals surface area contributed by atoms with Crippen molar-refractivity contribution in [3.63, 3.8) is 0 Å². The van der Waals surface area contributed by atoms with Gasteiger partial charge in [0, 0.05) is 12.1 Å². The van der Waals surface area contributed by atoms with E-state index in [9.17, 15) is 24.3 Å². The molecular formula is C29H34N4O7. The number of fused-ring (bicyclic) bond motifs is 3. The maximum absolute atomic E-state index is 13.5. The van der Waals surface area contributed by atoms with Crippen molar-refractivity contribution in [3.8, 4) is 11.1 Å². The number of nitrogens with zero attached hydrogens (tertiary/aromatic N) is 2. The number of carboxylic acid groups (broad SMARTS) is 1. The lowest BCUT2D eigenvalue weighted by molar-refractivity contribution is -0.152. The Balaban J connectivity index is 1.51. The maximum Gasteiger partial charge on any atom is 0.407 e. The van der Waals surface area contributed by atoms with E-state index in [1.54, 1.807) is 20.8 Å². The Kier molecular flexibility index (Phi) is 8.41. The molecule has 1 aliphatic carbocycles. The summed E-state index contributed by atoms with van der Waals surface area (Å²) in [6, 6.07) is 12.2. The van der Waals surface area contributed by atoms with Gasteiger partial charge in [-0.3, -0.25) is 4.79 Å². The number of aliphatic carboxylic acids is 1. The highest BCUT2D eigenvalue weighted by atomic mass is 16.6. The molecule has 3 N–H and O–H groups in total. The van der Waals surface area contributed by atoms with Gasteiger partial charge in [-0.1, -0.05) is 48.5 Å². The fourth-order valence-corrected chi connectivity index (χ4v) is 4.91. The molecular weight excluding hydrogens is 516 g/mol. The number of benzene rings is 2. The molecule has 11 nitrogen and oxygen atoms in total. The van der Waals surface area contributed by atoms with E-state index in [0.29, 0.717) is 6.42 Å². The Morgan fingerprint density at radius 2 is 1.60 bits per heavy atom. The molecule has 3 atom stereocenters. The van der Waals surface area contributed by atoms with Gasteiger partial charge in [0.15, 0.2) is 6.04 Å². The third kappa shape index (κ3) is 6.41. The van der Waals surface area contributed by atoms with Gasteiger partial charge in [-0.05, 0) is 62.8 Å². The minimum Gasteiger partial charge on any atom is -0.480 e. The van der Waals surface area contributed by atoms with Crippen molar-refractivity contribution in [3.05, 3.63) is 59.7 Å². The van der Waals surface area contributed by atoms with Crippen molar-refractivity contribution in [1.29, 1.82) is 0 Å². The molecule has 0 unspecified atom stereocenters. The van der Waals surface area contributed by atoms with Gasteiger partial charge in [-0.15, -0.1) is 0 Å². The van der Waals surface area contributed by atoms with E-state index in [0.717, 1.165) is 27.3 Å². The quantitative estimate of drug-likeness (QED) is 0.474. The standard InChI is InChI=1S/C29H34N4O7/c1-17(31-28(38)40-29(2,3)4)24(25(34)33-23(26(35)36)14-9-15-30-33)32-27(37)39-16-22-20-12-7-5-10-18(20)19-11-6-8-13-21(19)22/h5-8,10-13,15,17,22-24H,9,14,16H2,1-4H3,(H,31,38)(H,32,37)(H,35,36)/t17-,23-,24-/m0/s1. The lowest BCUT2D eigenvalue weighted by atomic mass is 9.98. The van der Waals surface area contributed by atoms with Crippen LogP contribution in [0.1, 0.15) is 57.6 Å². The second-order valence-electron chi connectivity index (χ2n) is 10.8. The highest BCUT2D eigenvalue weighted by Crippen LogP contribution is 2.44. The van der Waals surface area contributed by atoms with Crippen LogP contribution in [0.3, 0.4) is 0 Å². The SMILES string of the molecule is C[C@H](NC(=O)OC(C)(C)C)[C@H](NC(=O)OCC1c2ccccc2-c2ccccc21)C(=O)N1N=CCC[C@H]1C(=O)O. The van der Waals surface area contributed by atoms with Crippen molar-refractivity contribution in [2.24, 2.45) is 5.10 Å². The number of carbonyl (C=O) groups is 4. The topological polar surface area (TPSA) is 147 Å². The Morgan fingerprint density at radius 3 is 2.17 bits per heavy atom. The Labute approximate surface area is 232 Å². The van der Waals surface area contributed by atoms with Gasteiger partial charge in [0.1, 0.15) is 18.2 Å². The number of rotatable bonds is 7. The van der Waals surface area contributed by atoms with E-state index < -0.39 is 47.8 Å². The Morgan fingerprint density at radius 1 is 1.00 bits per heavy atom. The molecule has 0 bridgehead atoms. The monoisotopic (exact) mass is 550 g/mol. The number of hydrogen-bond acceptors (Lipinski definition) is 7.